The van der Waals surface area contributed by atoms with Crippen LogP contribution < -0.4 is 15.0 Å². The number of nitriles is 1. The molecule has 1 aliphatic rings. The van der Waals surface area contributed by atoms with Gasteiger partial charge in [-0.3, -0.25) is 9.59 Å². The zero-order valence-electron chi connectivity index (χ0n) is 18.3. The lowest BCUT2D eigenvalue weighted by molar-refractivity contribution is -0.119. The lowest BCUT2D eigenvalue weighted by atomic mass is 10.1. The summed E-state index contributed by atoms with van der Waals surface area (Å²) in [7, 11) is 0. The van der Waals surface area contributed by atoms with Crippen molar-refractivity contribution >= 4 is 17.5 Å². The minimum Gasteiger partial charge on any atom is -0.489 e. The van der Waals surface area contributed by atoms with Crippen LogP contribution in [0.15, 0.2) is 72.8 Å². The topological polar surface area (TPSA) is 82.4 Å². The predicted octanol–water partition coefficient (Wildman–Crippen LogP) is 4.58. The van der Waals surface area contributed by atoms with Gasteiger partial charge in [-0.2, -0.15) is 5.26 Å². The molecular weight excluding hydrogens is 414 g/mol. The summed E-state index contributed by atoms with van der Waals surface area (Å²) in [5.41, 5.74) is 3.66. The van der Waals surface area contributed by atoms with Crippen LogP contribution in [0.2, 0.25) is 0 Å². The molecule has 0 saturated carbocycles. The maximum atomic E-state index is 12.7. The number of carbonyl (C=O) groups is 2. The number of anilines is 1. The number of ether oxygens (including phenoxy) is 1. The summed E-state index contributed by atoms with van der Waals surface area (Å²) in [5, 5.41) is 12.1. The van der Waals surface area contributed by atoms with Gasteiger partial charge in [0.1, 0.15) is 12.4 Å². The molecule has 1 fully saturated rings. The summed E-state index contributed by atoms with van der Waals surface area (Å²) in [5.74, 6) is 0.495. The Morgan fingerprint density at radius 2 is 1.88 bits per heavy atom. The Hall–Kier alpha value is -4.11. The molecule has 6 nitrogen and oxygen atoms in total. The first-order valence-corrected chi connectivity index (χ1v) is 11.0. The second-order valence-corrected chi connectivity index (χ2v) is 7.94. The number of benzene rings is 3. The minimum absolute atomic E-state index is 0.150. The zero-order valence-corrected chi connectivity index (χ0v) is 18.3. The highest BCUT2D eigenvalue weighted by molar-refractivity contribution is 5.95. The van der Waals surface area contributed by atoms with Gasteiger partial charge in [-0.05, 0) is 54.8 Å². The van der Waals surface area contributed by atoms with E-state index in [4.69, 9.17) is 4.74 Å². The molecule has 1 saturated heterocycles. The van der Waals surface area contributed by atoms with E-state index in [9.17, 15) is 14.9 Å². The van der Waals surface area contributed by atoms with Crippen LogP contribution in [0.25, 0.3) is 0 Å². The molecule has 3 aromatic carbocycles. The standard InChI is InChI=1S/C27H25N3O3/c28-17-22-8-1-2-9-23(22)19-33-25-12-6-10-21(16-25)27(32)29-18-20-7-5-11-24(15-20)30-14-4-3-13-26(30)31/h1-2,5-12,15-16H,3-4,13-14,18-19H2,(H,29,32). The molecule has 1 heterocycles. The van der Waals surface area contributed by atoms with Gasteiger partial charge < -0.3 is 15.0 Å². The average Bonchev–Trinajstić information content (AvgIpc) is 2.87. The van der Waals surface area contributed by atoms with Gasteiger partial charge >= 0.3 is 0 Å². The van der Waals surface area contributed by atoms with Crippen LogP contribution in [0, 0.1) is 11.3 Å². The molecule has 0 bridgehead atoms. The molecule has 3 aromatic rings. The lowest BCUT2D eigenvalue weighted by Gasteiger charge is -2.27. The SMILES string of the molecule is N#Cc1ccccc1COc1cccc(C(=O)NCc2cccc(N3CCCCC3=O)c2)c1. The number of nitrogens with zero attached hydrogens (tertiary/aromatic N) is 2. The number of rotatable bonds is 7. The molecule has 4 rings (SSSR count). The average molecular weight is 440 g/mol. The zero-order chi connectivity index (χ0) is 23.0. The van der Waals surface area contributed by atoms with Gasteiger partial charge in [0.25, 0.3) is 5.91 Å². The summed E-state index contributed by atoms with van der Waals surface area (Å²) in [6.07, 6.45) is 2.54. The van der Waals surface area contributed by atoms with Crippen molar-refractivity contribution < 1.29 is 14.3 Å². The number of piperidine rings is 1. The maximum Gasteiger partial charge on any atom is 0.251 e. The van der Waals surface area contributed by atoms with E-state index in [1.807, 2.05) is 47.4 Å². The number of nitrogens with one attached hydrogen (secondary N) is 1. The van der Waals surface area contributed by atoms with Crippen molar-refractivity contribution in [3.05, 3.63) is 95.1 Å². The molecule has 166 valence electrons. The van der Waals surface area contributed by atoms with Crippen molar-refractivity contribution in [2.75, 3.05) is 11.4 Å². The Labute approximate surface area is 193 Å². The van der Waals surface area contributed by atoms with Crippen LogP contribution in [-0.2, 0) is 17.9 Å². The first kappa shape index (κ1) is 22.1. The Balaban J connectivity index is 1.37. The third-order valence-corrected chi connectivity index (χ3v) is 5.63. The maximum absolute atomic E-state index is 12.7. The second-order valence-electron chi connectivity index (χ2n) is 7.94. The summed E-state index contributed by atoms with van der Waals surface area (Å²) in [6, 6.07) is 24.1. The third-order valence-electron chi connectivity index (χ3n) is 5.63. The van der Waals surface area contributed by atoms with E-state index in [1.165, 1.54) is 0 Å². The molecule has 0 aromatic heterocycles. The molecule has 0 aliphatic carbocycles. The van der Waals surface area contributed by atoms with Crippen LogP contribution in [0.1, 0.15) is 46.3 Å². The van der Waals surface area contributed by atoms with Gasteiger partial charge in [-0.15, -0.1) is 0 Å². The van der Waals surface area contributed by atoms with E-state index in [2.05, 4.69) is 11.4 Å². The van der Waals surface area contributed by atoms with Crippen molar-refractivity contribution in [1.82, 2.24) is 5.32 Å². The summed E-state index contributed by atoms with van der Waals surface area (Å²) in [4.78, 5) is 26.7. The Kier molecular flexibility index (Phi) is 7.01. The summed E-state index contributed by atoms with van der Waals surface area (Å²) < 4.78 is 5.81. The summed E-state index contributed by atoms with van der Waals surface area (Å²) in [6.45, 7) is 1.34. The monoisotopic (exact) mass is 439 g/mol. The molecule has 2 amide bonds. The van der Waals surface area contributed by atoms with Crippen molar-refractivity contribution in [3.63, 3.8) is 0 Å². The normalized spacial score (nSPS) is 13.3. The Morgan fingerprint density at radius 3 is 2.73 bits per heavy atom. The highest BCUT2D eigenvalue weighted by Crippen LogP contribution is 2.22. The van der Waals surface area contributed by atoms with Crippen LogP contribution in [0.3, 0.4) is 0 Å². The van der Waals surface area contributed by atoms with Gasteiger partial charge in [-0.1, -0.05) is 36.4 Å². The number of hydrogen-bond acceptors (Lipinski definition) is 4. The molecule has 1 aliphatic heterocycles. The fraction of sp³-hybridized carbons (Fsp3) is 0.222. The Bertz CT molecular complexity index is 1200. The molecule has 0 unspecified atom stereocenters. The van der Waals surface area contributed by atoms with Gasteiger partial charge in [-0.25, -0.2) is 0 Å². The van der Waals surface area contributed by atoms with Gasteiger partial charge in [0.15, 0.2) is 0 Å². The first-order valence-electron chi connectivity index (χ1n) is 11.0. The third kappa shape index (κ3) is 5.58. The van der Waals surface area contributed by atoms with E-state index >= 15 is 0 Å². The number of hydrogen-bond donors (Lipinski definition) is 1. The van der Waals surface area contributed by atoms with Gasteiger partial charge in [0.05, 0.1) is 11.6 Å². The largest absolute Gasteiger partial charge is 0.489 e. The number of amides is 2. The molecular formula is C27H25N3O3. The van der Waals surface area contributed by atoms with Gasteiger partial charge in [0, 0.05) is 36.3 Å². The van der Waals surface area contributed by atoms with E-state index in [-0.39, 0.29) is 18.4 Å². The van der Waals surface area contributed by atoms with Crippen molar-refractivity contribution in [1.29, 1.82) is 5.26 Å². The fourth-order valence-corrected chi connectivity index (χ4v) is 3.84. The first-order chi connectivity index (χ1) is 16.1. The smallest absolute Gasteiger partial charge is 0.251 e. The van der Waals surface area contributed by atoms with Crippen LogP contribution >= 0.6 is 0 Å². The molecule has 33 heavy (non-hydrogen) atoms. The molecule has 0 spiro atoms. The minimum atomic E-state index is -0.211. The fourth-order valence-electron chi connectivity index (χ4n) is 3.84. The van der Waals surface area contributed by atoms with Crippen molar-refractivity contribution in [3.8, 4) is 11.8 Å². The van der Waals surface area contributed by atoms with E-state index in [0.29, 0.717) is 29.8 Å². The Morgan fingerprint density at radius 1 is 1.03 bits per heavy atom. The lowest BCUT2D eigenvalue weighted by Crippen LogP contribution is -2.35. The molecule has 0 radical (unpaired) electrons. The van der Waals surface area contributed by atoms with Gasteiger partial charge in [0.2, 0.25) is 5.91 Å². The second kappa shape index (κ2) is 10.5. The van der Waals surface area contributed by atoms with E-state index in [1.54, 1.807) is 30.3 Å². The predicted molar refractivity (Wildman–Crippen MR) is 126 cm³/mol. The highest BCUT2D eigenvalue weighted by Gasteiger charge is 2.19. The van der Waals surface area contributed by atoms with E-state index in [0.717, 1.165) is 36.2 Å². The van der Waals surface area contributed by atoms with Crippen molar-refractivity contribution in [2.24, 2.45) is 0 Å². The van der Waals surface area contributed by atoms with Crippen LogP contribution in [0.5, 0.6) is 5.75 Å². The molecule has 1 N–H and O–H groups in total. The highest BCUT2D eigenvalue weighted by atomic mass is 16.5. The molecule has 6 heteroatoms. The van der Waals surface area contributed by atoms with Crippen LogP contribution in [-0.4, -0.2) is 18.4 Å². The summed E-state index contributed by atoms with van der Waals surface area (Å²) >= 11 is 0. The van der Waals surface area contributed by atoms with E-state index < -0.39 is 0 Å². The number of carbonyl (C=O) groups excluding carboxylic acids is 2. The van der Waals surface area contributed by atoms with Crippen molar-refractivity contribution in [2.45, 2.75) is 32.4 Å². The quantitative estimate of drug-likeness (QED) is 0.584. The molecule has 0 atom stereocenters. The van der Waals surface area contributed by atoms with Crippen LogP contribution in [0.4, 0.5) is 5.69 Å².